The van der Waals surface area contributed by atoms with Crippen LogP contribution in [0.25, 0.3) is 11.1 Å². The summed E-state index contributed by atoms with van der Waals surface area (Å²) < 4.78 is 67.4. The molecule has 0 amide bonds. The van der Waals surface area contributed by atoms with Gasteiger partial charge < -0.3 is 5.73 Å². The van der Waals surface area contributed by atoms with Gasteiger partial charge in [0.1, 0.15) is 11.6 Å². The largest absolute Gasteiger partial charge is 0.325 e. The van der Waals surface area contributed by atoms with Crippen LogP contribution < -0.4 is 5.73 Å². The number of halogens is 3. The molecule has 208 valence electrons. The highest BCUT2D eigenvalue weighted by molar-refractivity contribution is 7.91. The summed E-state index contributed by atoms with van der Waals surface area (Å²) in [7, 11) is -3.54. The highest BCUT2D eigenvalue weighted by Crippen LogP contribution is 2.35. The average molecular weight is 558 g/mol. The molecule has 1 atom stereocenters. The maximum absolute atomic E-state index is 14.0. The molecule has 0 heterocycles. The number of Topliss-reactive ketones (excluding diaryl/α,β-unsaturated/α-hetero) is 1. The monoisotopic (exact) mass is 557 g/mol. The molecule has 0 aromatic heterocycles. The van der Waals surface area contributed by atoms with E-state index in [4.69, 9.17) is 5.73 Å². The maximum Gasteiger partial charge on any atom is 0.285 e. The van der Waals surface area contributed by atoms with E-state index in [9.17, 15) is 26.4 Å². The van der Waals surface area contributed by atoms with Gasteiger partial charge in [-0.3, -0.25) is 4.79 Å². The SMILES string of the molecule is C[C@@H](CC(=O)C1CCC(CS(=O)(=O)c2ccc(-c3cccc(C(F)(F)CN)c3)cc2)CC1)c1ccc(F)cc1. The third-order valence-electron chi connectivity index (χ3n) is 7.79. The van der Waals surface area contributed by atoms with Gasteiger partial charge in [0.15, 0.2) is 9.84 Å². The average Bonchev–Trinajstić information content (AvgIpc) is 2.93. The lowest BCUT2D eigenvalue weighted by Gasteiger charge is -2.28. The van der Waals surface area contributed by atoms with E-state index in [2.05, 4.69) is 0 Å². The fourth-order valence-corrected chi connectivity index (χ4v) is 7.03. The van der Waals surface area contributed by atoms with Crippen LogP contribution in [-0.2, 0) is 20.6 Å². The molecule has 2 N–H and O–H groups in total. The Kier molecular flexibility index (Phi) is 8.96. The van der Waals surface area contributed by atoms with Crippen LogP contribution >= 0.6 is 0 Å². The molecule has 0 saturated heterocycles. The number of carbonyl (C=O) groups is 1. The van der Waals surface area contributed by atoms with E-state index in [0.717, 1.165) is 5.56 Å². The zero-order chi connectivity index (χ0) is 28.2. The van der Waals surface area contributed by atoms with Crippen molar-refractivity contribution in [1.82, 2.24) is 0 Å². The van der Waals surface area contributed by atoms with Crippen molar-refractivity contribution in [3.63, 3.8) is 0 Å². The number of rotatable bonds is 10. The predicted octanol–water partition coefficient (Wildman–Crippen LogP) is 6.89. The zero-order valence-electron chi connectivity index (χ0n) is 22.0. The van der Waals surface area contributed by atoms with Gasteiger partial charge in [-0.25, -0.2) is 12.8 Å². The minimum atomic E-state index is -3.54. The van der Waals surface area contributed by atoms with Crippen LogP contribution in [0.5, 0.6) is 0 Å². The molecule has 39 heavy (non-hydrogen) atoms. The zero-order valence-corrected chi connectivity index (χ0v) is 22.8. The fraction of sp³-hybridized carbons (Fsp3) is 0.387. The minimum absolute atomic E-state index is 0.00111. The van der Waals surface area contributed by atoms with Gasteiger partial charge in [0.2, 0.25) is 0 Å². The Morgan fingerprint density at radius 3 is 2.21 bits per heavy atom. The molecular weight excluding hydrogens is 523 g/mol. The van der Waals surface area contributed by atoms with E-state index >= 15 is 0 Å². The molecule has 3 aromatic carbocycles. The number of sulfone groups is 1. The lowest BCUT2D eigenvalue weighted by atomic mass is 9.78. The molecule has 3 aromatic rings. The van der Waals surface area contributed by atoms with Gasteiger partial charge in [-0.15, -0.1) is 0 Å². The first-order valence-electron chi connectivity index (χ1n) is 13.3. The number of nitrogens with two attached hydrogens (primary N) is 1. The molecule has 0 spiro atoms. The van der Waals surface area contributed by atoms with Crippen LogP contribution in [-0.4, -0.2) is 26.5 Å². The van der Waals surface area contributed by atoms with Crippen molar-refractivity contribution in [3.05, 3.63) is 89.7 Å². The summed E-state index contributed by atoms with van der Waals surface area (Å²) in [5.41, 5.74) is 7.13. The molecule has 8 heteroatoms. The lowest BCUT2D eigenvalue weighted by molar-refractivity contribution is -0.124. The van der Waals surface area contributed by atoms with Crippen LogP contribution in [0.4, 0.5) is 13.2 Å². The Balaban J connectivity index is 1.33. The Bertz CT molecular complexity index is 1380. The van der Waals surface area contributed by atoms with Crippen molar-refractivity contribution in [2.24, 2.45) is 17.6 Å². The summed E-state index contributed by atoms with van der Waals surface area (Å²) in [6.07, 6.45) is 3.05. The number of hydrogen-bond donors (Lipinski definition) is 1. The molecule has 0 aliphatic heterocycles. The summed E-state index contributed by atoms with van der Waals surface area (Å²) in [5, 5.41) is 0. The van der Waals surface area contributed by atoms with Gasteiger partial charge in [0.05, 0.1) is 17.2 Å². The van der Waals surface area contributed by atoms with Crippen LogP contribution in [0.15, 0.2) is 77.7 Å². The first-order valence-corrected chi connectivity index (χ1v) is 14.9. The minimum Gasteiger partial charge on any atom is -0.325 e. The first-order chi connectivity index (χ1) is 18.5. The Labute approximate surface area is 228 Å². The van der Waals surface area contributed by atoms with E-state index in [1.807, 2.05) is 6.92 Å². The van der Waals surface area contributed by atoms with Gasteiger partial charge in [-0.1, -0.05) is 49.4 Å². The normalized spacial score (nSPS) is 19.0. The van der Waals surface area contributed by atoms with Crippen molar-refractivity contribution in [3.8, 4) is 11.1 Å². The van der Waals surface area contributed by atoms with E-state index in [0.29, 0.717) is 43.2 Å². The van der Waals surface area contributed by atoms with Gasteiger partial charge in [0.25, 0.3) is 5.92 Å². The highest BCUT2D eigenvalue weighted by atomic mass is 32.2. The molecular formula is C31H34F3NO3S. The van der Waals surface area contributed by atoms with Crippen LogP contribution in [0.1, 0.15) is 56.1 Å². The van der Waals surface area contributed by atoms with Crippen LogP contribution in [0, 0.1) is 17.7 Å². The van der Waals surface area contributed by atoms with Crippen LogP contribution in [0.2, 0.25) is 0 Å². The topological polar surface area (TPSA) is 77.2 Å². The number of benzene rings is 3. The number of carbonyl (C=O) groups excluding carboxylic acids is 1. The molecule has 4 rings (SSSR count). The summed E-state index contributed by atoms with van der Waals surface area (Å²) in [6.45, 7) is 1.17. The Hall–Kier alpha value is -2.97. The molecule has 0 bridgehead atoms. The van der Waals surface area contributed by atoms with Crippen LogP contribution in [0.3, 0.4) is 0 Å². The maximum atomic E-state index is 14.0. The second kappa shape index (κ2) is 12.0. The number of hydrogen-bond acceptors (Lipinski definition) is 4. The van der Waals surface area contributed by atoms with E-state index in [1.165, 1.54) is 42.5 Å². The van der Waals surface area contributed by atoms with Gasteiger partial charge in [0, 0.05) is 17.9 Å². The van der Waals surface area contributed by atoms with Crippen molar-refractivity contribution in [1.29, 1.82) is 0 Å². The van der Waals surface area contributed by atoms with Crippen molar-refractivity contribution in [2.75, 3.05) is 12.3 Å². The van der Waals surface area contributed by atoms with Gasteiger partial charge in [-0.05, 0) is 84.5 Å². The van der Waals surface area contributed by atoms with E-state index in [-0.39, 0.29) is 45.6 Å². The van der Waals surface area contributed by atoms with Gasteiger partial charge in [-0.2, -0.15) is 8.78 Å². The third kappa shape index (κ3) is 7.17. The van der Waals surface area contributed by atoms with Gasteiger partial charge >= 0.3 is 0 Å². The summed E-state index contributed by atoms with van der Waals surface area (Å²) in [6, 6.07) is 18.4. The standard InChI is InChI=1S/C31H34F3NO3S/c1-21(23-9-13-28(32)14-10-23)17-30(36)25-7-5-22(6-8-25)19-39(37,38)29-15-11-24(12-16-29)26-3-2-4-27(18-26)31(33,34)20-35/h2-4,9-16,18,21-22,25H,5-8,17,19-20,35H2,1H3/t21-,22?,25?/m0/s1. The second-order valence-corrected chi connectivity index (χ2v) is 12.7. The van der Waals surface area contributed by atoms with Crippen molar-refractivity contribution in [2.45, 2.75) is 55.8 Å². The second-order valence-electron chi connectivity index (χ2n) is 10.6. The summed E-state index contributed by atoms with van der Waals surface area (Å²) in [4.78, 5) is 13.1. The van der Waals surface area contributed by atoms with Crippen molar-refractivity contribution >= 4 is 15.6 Å². The van der Waals surface area contributed by atoms with Crippen molar-refractivity contribution < 1.29 is 26.4 Å². The Morgan fingerprint density at radius 2 is 1.59 bits per heavy atom. The number of ketones is 1. The predicted molar refractivity (Wildman–Crippen MR) is 147 cm³/mol. The smallest absolute Gasteiger partial charge is 0.285 e. The molecule has 1 aliphatic rings. The third-order valence-corrected chi connectivity index (χ3v) is 9.69. The number of alkyl halides is 2. The van der Waals surface area contributed by atoms with E-state index < -0.39 is 22.3 Å². The quantitative estimate of drug-likeness (QED) is 0.295. The Morgan fingerprint density at radius 1 is 0.949 bits per heavy atom. The molecule has 1 fully saturated rings. The highest BCUT2D eigenvalue weighted by Gasteiger charge is 2.31. The molecule has 4 nitrogen and oxygen atoms in total. The summed E-state index contributed by atoms with van der Waals surface area (Å²) in [5.74, 6) is -3.35. The first kappa shape index (κ1) is 29.0. The molecule has 1 saturated carbocycles. The molecule has 0 unspecified atom stereocenters. The lowest BCUT2D eigenvalue weighted by Crippen LogP contribution is -2.26. The molecule has 1 aliphatic carbocycles. The fourth-order valence-electron chi connectivity index (χ4n) is 5.33. The molecule has 0 radical (unpaired) electrons. The van der Waals surface area contributed by atoms with E-state index in [1.54, 1.807) is 30.3 Å². The summed E-state index contributed by atoms with van der Waals surface area (Å²) >= 11 is 0.